The first-order valence-corrected chi connectivity index (χ1v) is 10.8. The van der Waals surface area contributed by atoms with Crippen LogP contribution < -0.4 is 11.1 Å². The lowest BCUT2D eigenvalue weighted by atomic mass is 10.1. The van der Waals surface area contributed by atoms with Gasteiger partial charge in [0.05, 0.1) is 6.20 Å². The molecule has 0 fully saturated rings. The number of carbonyl (C=O) groups is 2. The van der Waals surface area contributed by atoms with Crippen molar-refractivity contribution >= 4 is 62.4 Å². The van der Waals surface area contributed by atoms with Crippen LogP contribution in [0.1, 0.15) is 31.5 Å². The molecule has 7 nitrogen and oxygen atoms in total. The highest BCUT2D eigenvalue weighted by atomic mass is 32.2. The number of amides is 2. The second-order valence-electron chi connectivity index (χ2n) is 5.80. The first-order chi connectivity index (χ1) is 13.5. The molecule has 0 aliphatic heterocycles. The van der Waals surface area contributed by atoms with Crippen LogP contribution in [0, 0.1) is 6.92 Å². The molecule has 3 aromatic heterocycles. The number of thioether (sulfide) groups is 1. The molecule has 1 aromatic carbocycles. The Morgan fingerprint density at radius 2 is 2.14 bits per heavy atom. The minimum absolute atomic E-state index is 0.220. The van der Waals surface area contributed by atoms with Crippen molar-refractivity contribution in [2.24, 2.45) is 5.73 Å². The zero-order valence-electron chi connectivity index (χ0n) is 14.6. The number of anilines is 1. The fraction of sp³-hybridized carbons (Fsp3) is 0.111. The number of hydrogen-bond acceptors (Lipinski definition) is 8. The molecule has 0 aliphatic rings. The first-order valence-electron chi connectivity index (χ1n) is 8.13. The number of rotatable bonds is 6. The van der Waals surface area contributed by atoms with E-state index in [9.17, 15) is 9.59 Å². The van der Waals surface area contributed by atoms with E-state index in [1.54, 1.807) is 23.1 Å². The van der Waals surface area contributed by atoms with Gasteiger partial charge in [-0.2, -0.15) is 0 Å². The predicted octanol–water partition coefficient (Wildman–Crippen LogP) is 4.30. The fourth-order valence-electron chi connectivity index (χ4n) is 2.56. The van der Waals surface area contributed by atoms with Gasteiger partial charge in [0.2, 0.25) is 0 Å². The Bertz CT molecular complexity index is 1180. The van der Waals surface area contributed by atoms with Gasteiger partial charge in [0.25, 0.3) is 11.8 Å². The summed E-state index contributed by atoms with van der Waals surface area (Å²) in [7, 11) is 0. The summed E-state index contributed by atoms with van der Waals surface area (Å²) < 4.78 is 6.75. The van der Waals surface area contributed by atoms with E-state index in [-0.39, 0.29) is 15.8 Å². The molecule has 0 radical (unpaired) electrons. The van der Waals surface area contributed by atoms with Crippen LogP contribution in [0.5, 0.6) is 0 Å². The SMILES string of the molecule is Cc1csc(SCc2c(C(=O)Nc3ncc(C(N)=O)s3)oc3ccccc23)n1. The molecule has 0 aliphatic carbocycles. The van der Waals surface area contributed by atoms with Crippen LogP contribution in [-0.4, -0.2) is 21.8 Å². The highest BCUT2D eigenvalue weighted by Crippen LogP contribution is 2.33. The molecule has 0 bridgehead atoms. The van der Waals surface area contributed by atoms with E-state index in [4.69, 9.17) is 10.2 Å². The van der Waals surface area contributed by atoms with Gasteiger partial charge in [-0.15, -0.1) is 11.3 Å². The van der Waals surface area contributed by atoms with E-state index in [1.807, 2.05) is 36.6 Å². The van der Waals surface area contributed by atoms with Crippen LogP contribution in [0.4, 0.5) is 5.13 Å². The molecular formula is C18H14N4O3S3. The largest absolute Gasteiger partial charge is 0.451 e. The summed E-state index contributed by atoms with van der Waals surface area (Å²) in [6.07, 6.45) is 1.34. The van der Waals surface area contributed by atoms with Crippen molar-refractivity contribution in [1.82, 2.24) is 9.97 Å². The minimum Gasteiger partial charge on any atom is -0.451 e. The van der Waals surface area contributed by atoms with Crippen molar-refractivity contribution in [2.75, 3.05) is 5.32 Å². The molecule has 3 heterocycles. The van der Waals surface area contributed by atoms with Crippen molar-refractivity contribution in [3.8, 4) is 0 Å². The number of primary amides is 1. The maximum atomic E-state index is 12.8. The van der Waals surface area contributed by atoms with Crippen LogP contribution in [0.2, 0.25) is 0 Å². The third kappa shape index (κ3) is 3.79. The molecule has 2 amide bonds. The third-order valence-electron chi connectivity index (χ3n) is 3.81. The number of furan rings is 1. The number of nitrogens with zero attached hydrogens (tertiary/aromatic N) is 2. The average Bonchev–Trinajstić information content (AvgIpc) is 3.38. The molecule has 10 heteroatoms. The molecule has 0 saturated heterocycles. The van der Waals surface area contributed by atoms with Gasteiger partial charge in [-0.1, -0.05) is 41.3 Å². The monoisotopic (exact) mass is 430 g/mol. The van der Waals surface area contributed by atoms with Crippen LogP contribution >= 0.6 is 34.4 Å². The highest BCUT2D eigenvalue weighted by molar-refractivity contribution is 8.00. The molecular weight excluding hydrogens is 416 g/mol. The number of aryl methyl sites for hydroxylation is 1. The Morgan fingerprint density at radius 3 is 2.86 bits per heavy atom. The number of para-hydroxylation sites is 1. The number of aromatic nitrogens is 2. The maximum Gasteiger partial charge on any atom is 0.293 e. The van der Waals surface area contributed by atoms with E-state index < -0.39 is 11.8 Å². The number of fused-ring (bicyclic) bond motifs is 1. The molecule has 0 spiro atoms. The maximum absolute atomic E-state index is 12.8. The van der Waals surface area contributed by atoms with E-state index in [0.29, 0.717) is 11.3 Å². The van der Waals surface area contributed by atoms with Crippen molar-refractivity contribution in [1.29, 1.82) is 0 Å². The van der Waals surface area contributed by atoms with Gasteiger partial charge in [-0.3, -0.25) is 14.9 Å². The minimum atomic E-state index is -0.586. The standard InChI is InChI=1S/C18H14N4O3S3/c1-9-7-26-18(21-9)27-8-11-10-4-2-3-5-12(10)25-14(11)16(24)22-17-20-6-13(28-17)15(19)23/h2-7H,8H2,1H3,(H2,19,23)(H,20,22,24). The van der Waals surface area contributed by atoms with Crippen molar-refractivity contribution in [3.05, 3.63) is 57.7 Å². The van der Waals surface area contributed by atoms with Crippen molar-refractivity contribution in [2.45, 2.75) is 17.0 Å². The Balaban J connectivity index is 1.63. The number of nitrogens with one attached hydrogen (secondary N) is 1. The Kier molecular flexibility index (Phi) is 5.16. The van der Waals surface area contributed by atoms with Crippen LogP contribution in [-0.2, 0) is 5.75 Å². The lowest BCUT2D eigenvalue weighted by molar-refractivity contribution is 0.0992. The highest BCUT2D eigenvalue weighted by Gasteiger charge is 2.22. The molecule has 142 valence electrons. The zero-order valence-corrected chi connectivity index (χ0v) is 17.0. The number of thiazole rings is 2. The Labute approximate surface area is 172 Å². The summed E-state index contributed by atoms with van der Waals surface area (Å²) in [6, 6.07) is 7.51. The van der Waals surface area contributed by atoms with Crippen LogP contribution in [0.3, 0.4) is 0 Å². The Hall–Kier alpha value is -2.69. The summed E-state index contributed by atoms with van der Waals surface area (Å²) in [5.74, 6) is -0.250. The number of hydrogen-bond donors (Lipinski definition) is 2. The molecule has 4 rings (SSSR count). The lowest BCUT2D eigenvalue weighted by Gasteiger charge is -2.02. The molecule has 3 N–H and O–H groups in total. The van der Waals surface area contributed by atoms with E-state index >= 15 is 0 Å². The zero-order chi connectivity index (χ0) is 19.7. The van der Waals surface area contributed by atoms with Gasteiger partial charge in [0.15, 0.2) is 10.9 Å². The van der Waals surface area contributed by atoms with Crippen molar-refractivity contribution < 1.29 is 14.0 Å². The number of carbonyl (C=O) groups excluding carboxylic acids is 2. The first kappa shape index (κ1) is 18.7. The average molecular weight is 431 g/mol. The second kappa shape index (κ2) is 7.74. The van der Waals surface area contributed by atoms with Crippen molar-refractivity contribution in [3.63, 3.8) is 0 Å². The fourth-order valence-corrected chi connectivity index (χ4v) is 5.10. The molecule has 28 heavy (non-hydrogen) atoms. The summed E-state index contributed by atoms with van der Waals surface area (Å²) in [6.45, 7) is 1.95. The van der Waals surface area contributed by atoms with E-state index in [2.05, 4.69) is 15.3 Å². The molecule has 0 atom stereocenters. The summed E-state index contributed by atoms with van der Waals surface area (Å²) >= 11 is 4.14. The van der Waals surface area contributed by atoms with Gasteiger partial charge in [0.1, 0.15) is 14.8 Å². The second-order valence-corrected chi connectivity index (χ2v) is 8.91. The third-order valence-corrected chi connectivity index (χ3v) is 6.90. The van der Waals surface area contributed by atoms with Gasteiger partial charge in [-0.25, -0.2) is 9.97 Å². The smallest absolute Gasteiger partial charge is 0.293 e. The number of nitrogens with two attached hydrogens (primary N) is 1. The van der Waals surface area contributed by atoms with Crippen LogP contribution in [0.25, 0.3) is 11.0 Å². The number of benzene rings is 1. The van der Waals surface area contributed by atoms with Gasteiger partial charge >= 0.3 is 0 Å². The molecule has 0 saturated carbocycles. The summed E-state index contributed by atoms with van der Waals surface area (Å²) in [5, 5.41) is 5.84. The summed E-state index contributed by atoms with van der Waals surface area (Å²) in [5.41, 5.74) is 7.63. The summed E-state index contributed by atoms with van der Waals surface area (Å²) in [4.78, 5) is 32.8. The normalized spacial score (nSPS) is 11.0. The predicted molar refractivity (Wildman–Crippen MR) is 111 cm³/mol. The van der Waals surface area contributed by atoms with E-state index in [1.165, 1.54) is 6.20 Å². The van der Waals surface area contributed by atoms with Gasteiger partial charge in [0, 0.05) is 27.8 Å². The molecule has 0 unspecified atom stereocenters. The molecule has 4 aromatic rings. The topological polar surface area (TPSA) is 111 Å². The quantitative estimate of drug-likeness (QED) is 0.441. The van der Waals surface area contributed by atoms with E-state index in [0.717, 1.165) is 32.3 Å². The van der Waals surface area contributed by atoms with Gasteiger partial charge < -0.3 is 10.2 Å². The lowest BCUT2D eigenvalue weighted by Crippen LogP contribution is -2.12. The Morgan fingerprint density at radius 1 is 1.32 bits per heavy atom. The van der Waals surface area contributed by atoms with Crippen LogP contribution in [0.15, 0.2) is 44.6 Å². The van der Waals surface area contributed by atoms with Gasteiger partial charge in [-0.05, 0) is 13.0 Å².